The molecule has 2 atom stereocenters. The Bertz CT molecular complexity index is 745. The van der Waals surface area contributed by atoms with Crippen LogP contribution >= 0.6 is 0 Å². The number of amides is 1. The standard InChI is InChI=1S/C19H24N4O2/c1-22-8-4-6-17(22)18(24)21-12-19-13-23(9-15(19)11-25-14-19)10-16-5-2-3-7-20-16/h2-8,15H,9-14H2,1H3,(H,21,24)/t15-,19+/m1/s1. The Balaban J connectivity index is 1.41. The third-order valence-electron chi connectivity index (χ3n) is 5.48. The largest absolute Gasteiger partial charge is 0.380 e. The van der Waals surface area contributed by atoms with Crippen molar-refractivity contribution in [2.24, 2.45) is 18.4 Å². The lowest BCUT2D eigenvalue weighted by atomic mass is 9.81. The zero-order valence-electron chi connectivity index (χ0n) is 14.5. The molecule has 0 saturated carbocycles. The quantitative estimate of drug-likeness (QED) is 0.891. The molecule has 2 aliphatic rings. The highest BCUT2D eigenvalue weighted by molar-refractivity contribution is 5.92. The molecule has 25 heavy (non-hydrogen) atoms. The average Bonchev–Trinajstić information content (AvgIpc) is 3.28. The molecule has 1 amide bonds. The van der Waals surface area contributed by atoms with E-state index in [0.29, 0.717) is 24.8 Å². The van der Waals surface area contributed by atoms with Gasteiger partial charge in [0.2, 0.25) is 0 Å². The number of hydrogen-bond acceptors (Lipinski definition) is 4. The second kappa shape index (κ2) is 6.61. The minimum Gasteiger partial charge on any atom is -0.380 e. The van der Waals surface area contributed by atoms with E-state index in [1.54, 1.807) is 0 Å². The maximum atomic E-state index is 12.4. The lowest BCUT2D eigenvalue weighted by molar-refractivity contribution is 0.0896. The summed E-state index contributed by atoms with van der Waals surface area (Å²) in [5, 5.41) is 3.13. The zero-order valence-corrected chi connectivity index (χ0v) is 14.5. The number of likely N-dealkylation sites (tertiary alicyclic amines) is 1. The highest BCUT2D eigenvalue weighted by Gasteiger charge is 2.50. The summed E-state index contributed by atoms with van der Waals surface area (Å²) in [6.07, 6.45) is 3.73. The summed E-state index contributed by atoms with van der Waals surface area (Å²) in [6, 6.07) is 9.76. The van der Waals surface area contributed by atoms with Gasteiger partial charge in [0.25, 0.3) is 5.91 Å². The molecule has 0 spiro atoms. The Labute approximate surface area is 147 Å². The number of nitrogens with one attached hydrogen (secondary N) is 1. The second-order valence-electron chi connectivity index (χ2n) is 7.25. The van der Waals surface area contributed by atoms with Crippen LogP contribution in [0.5, 0.6) is 0 Å². The van der Waals surface area contributed by atoms with Crippen LogP contribution in [0.4, 0.5) is 0 Å². The molecule has 0 unspecified atom stereocenters. The van der Waals surface area contributed by atoms with E-state index in [0.717, 1.165) is 31.9 Å². The molecule has 132 valence electrons. The number of rotatable bonds is 5. The number of nitrogens with zero attached hydrogens (tertiary/aromatic N) is 3. The molecular formula is C19H24N4O2. The van der Waals surface area contributed by atoms with E-state index in [9.17, 15) is 4.79 Å². The highest BCUT2D eigenvalue weighted by Crippen LogP contribution is 2.41. The molecule has 2 fully saturated rings. The number of carbonyl (C=O) groups is 1. The van der Waals surface area contributed by atoms with Gasteiger partial charge in [-0.2, -0.15) is 0 Å². The van der Waals surface area contributed by atoms with Gasteiger partial charge in [0.15, 0.2) is 0 Å². The van der Waals surface area contributed by atoms with Gasteiger partial charge >= 0.3 is 0 Å². The Morgan fingerprint density at radius 1 is 1.40 bits per heavy atom. The van der Waals surface area contributed by atoms with Gasteiger partial charge in [-0.1, -0.05) is 6.07 Å². The first kappa shape index (κ1) is 16.3. The molecule has 6 nitrogen and oxygen atoms in total. The van der Waals surface area contributed by atoms with Gasteiger partial charge in [-0.05, 0) is 24.3 Å². The Kier molecular flexibility index (Phi) is 4.31. The molecule has 0 aromatic carbocycles. The number of pyridine rings is 1. The van der Waals surface area contributed by atoms with Crippen molar-refractivity contribution >= 4 is 5.91 Å². The summed E-state index contributed by atoms with van der Waals surface area (Å²) in [6.45, 7) is 4.92. The van der Waals surface area contributed by atoms with Crippen LogP contribution in [0.3, 0.4) is 0 Å². The predicted octanol–water partition coefficient (Wildman–Crippen LogP) is 1.30. The molecule has 1 N–H and O–H groups in total. The van der Waals surface area contributed by atoms with Crippen molar-refractivity contribution in [3.8, 4) is 0 Å². The molecule has 0 bridgehead atoms. The molecule has 0 aliphatic carbocycles. The van der Waals surface area contributed by atoms with Crippen LogP contribution in [0.2, 0.25) is 0 Å². The van der Waals surface area contributed by atoms with E-state index >= 15 is 0 Å². The summed E-state index contributed by atoms with van der Waals surface area (Å²) in [4.78, 5) is 19.3. The van der Waals surface area contributed by atoms with Gasteiger partial charge in [0, 0.05) is 57.0 Å². The molecule has 0 radical (unpaired) electrons. The predicted molar refractivity (Wildman–Crippen MR) is 94.0 cm³/mol. The normalized spacial score (nSPS) is 25.9. The van der Waals surface area contributed by atoms with Crippen molar-refractivity contribution in [2.75, 3.05) is 32.8 Å². The van der Waals surface area contributed by atoms with Gasteiger partial charge in [-0.3, -0.25) is 14.7 Å². The molecule has 2 saturated heterocycles. The molecule has 2 aromatic heterocycles. The van der Waals surface area contributed by atoms with Crippen LogP contribution in [0.15, 0.2) is 42.7 Å². The van der Waals surface area contributed by atoms with Gasteiger partial charge in [-0.25, -0.2) is 0 Å². The van der Waals surface area contributed by atoms with Crippen molar-refractivity contribution in [2.45, 2.75) is 6.54 Å². The first-order valence-corrected chi connectivity index (χ1v) is 8.76. The number of ether oxygens (including phenoxy) is 1. The monoisotopic (exact) mass is 340 g/mol. The number of carbonyl (C=O) groups excluding carboxylic acids is 1. The summed E-state index contributed by atoms with van der Waals surface area (Å²) in [5.74, 6) is 0.445. The molecular weight excluding hydrogens is 316 g/mol. The zero-order chi connectivity index (χ0) is 17.3. The third kappa shape index (κ3) is 3.19. The van der Waals surface area contributed by atoms with Crippen LogP contribution in [0.1, 0.15) is 16.2 Å². The number of fused-ring (bicyclic) bond motifs is 1. The fourth-order valence-corrected chi connectivity index (χ4v) is 4.08. The van der Waals surface area contributed by atoms with Crippen molar-refractivity contribution in [1.29, 1.82) is 0 Å². The third-order valence-corrected chi connectivity index (χ3v) is 5.48. The minimum absolute atomic E-state index is 0.00953. The Morgan fingerprint density at radius 3 is 3.08 bits per heavy atom. The average molecular weight is 340 g/mol. The van der Waals surface area contributed by atoms with Crippen molar-refractivity contribution in [1.82, 2.24) is 19.8 Å². The maximum Gasteiger partial charge on any atom is 0.267 e. The van der Waals surface area contributed by atoms with Crippen LogP contribution in [-0.4, -0.2) is 53.2 Å². The van der Waals surface area contributed by atoms with Gasteiger partial charge in [0.05, 0.1) is 18.9 Å². The highest BCUT2D eigenvalue weighted by atomic mass is 16.5. The van der Waals surface area contributed by atoms with Crippen molar-refractivity contribution in [3.63, 3.8) is 0 Å². The molecule has 2 aromatic rings. The van der Waals surface area contributed by atoms with Crippen molar-refractivity contribution in [3.05, 3.63) is 54.1 Å². The van der Waals surface area contributed by atoms with Gasteiger partial charge in [-0.15, -0.1) is 0 Å². The summed E-state index contributed by atoms with van der Waals surface area (Å²) >= 11 is 0. The van der Waals surface area contributed by atoms with Crippen LogP contribution in [0, 0.1) is 11.3 Å². The lowest BCUT2D eigenvalue weighted by Crippen LogP contribution is -2.43. The van der Waals surface area contributed by atoms with Gasteiger partial charge in [0.1, 0.15) is 5.69 Å². The smallest absolute Gasteiger partial charge is 0.267 e. The van der Waals surface area contributed by atoms with Gasteiger partial charge < -0.3 is 14.6 Å². The summed E-state index contributed by atoms with van der Waals surface area (Å²) in [5.41, 5.74) is 1.79. The minimum atomic E-state index is -0.0179. The van der Waals surface area contributed by atoms with E-state index in [2.05, 4.69) is 21.3 Å². The van der Waals surface area contributed by atoms with E-state index in [1.807, 2.05) is 48.3 Å². The lowest BCUT2D eigenvalue weighted by Gasteiger charge is -2.27. The number of aryl methyl sites for hydroxylation is 1. The maximum absolute atomic E-state index is 12.4. The first-order chi connectivity index (χ1) is 12.2. The molecule has 2 aliphatic heterocycles. The van der Waals surface area contributed by atoms with Crippen LogP contribution in [-0.2, 0) is 18.3 Å². The van der Waals surface area contributed by atoms with E-state index < -0.39 is 0 Å². The topological polar surface area (TPSA) is 59.4 Å². The van der Waals surface area contributed by atoms with Crippen molar-refractivity contribution < 1.29 is 9.53 Å². The second-order valence-corrected chi connectivity index (χ2v) is 7.25. The fourth-order valence-electron chi connectivity index (χ4n) is 4.08. The number of aromatic nitrogens is 2. The summed E-state index contributed by atoms with van der Waals surface area (Å²) in [7, 11) is 1.89. The molecule has 4 heterocycles. The Hall–Kier alpha value is -2.18. The van der Waals surface area contributed by atoms with Crippen LogP contribution in [0.25, 0.3) is 0 Å². The fraction of sp³-hybridized carbons (Fsp3) is 0.474. The first-order valence-electron chi connectivity index (χ1n) is 8.76. The van der Waals surface area contributed by atoms with E-state index in [1.165, 1.54) is 0 Å². The SMILES string of the molecule is Cn1cccc1C(=O)NC[C@]12COC[C@H]1CN(Cc1ccccn1)C2. The van der Waals surface area contributed by atoms with E-state index in [4.69, 9.17) is 4.74 Å². The Morgan fingerprint density at radius 2 is 2.32 bits per heavy atom. The molecule has 6 heteroatoms. The van der Waals surface area contributed by atoms with Crippen LogP contribution < -0.4 is 5.32 Å². The number of hydrogen-bond donors (Lipinski definition) is 1. The molecule has 4 rings (SSSR count). The summed E-state index contributed by atoms with van der Waals surface area (Å²) < 4.78 is 7.61. The van der Waals surface area contributed by atoms with E-state index in [-0.39, 0.29) is 11.3 Å².